The molecule has 1 aromatic heterocycles. The first-order valence-corrected chi connectivity index (χ1v) is 15.2. The molecule has 4 rings (SSSR count). The van der Waals surface area contributed by atoms with Crippen molar-refractivity contribution in [3.05, 3.63) is 72.4 Å². The van der Waals surface area contributed by atoms with Crippen molar-refractivity contribution in [2.45, 2.75) is 70.4 Å². The van der Waals surface area contributed by atoms with Gasteiger partial charge in [0.2, 0.25) is 17.7 Å². The number of ether oxygens (including phenoxy) is 3. The van der Waals surface area contributed by atoms with Crippen LogP contribution in [0.25, 0.3) is 0 Å². The first-order chi connectivity index (χ1) is 21.4. The van der Waals surface area contributed by atoms with Crippen molar-refractivity contribution in [2.75, 3.05) is 31.0 Å². The van der Waals surface area contributed by atoms with Crippen LogP contribution in [0, 0.1) is 0 Å². The predicted octanol–water partition coefficient (Wildman–Crippen LogP) is 5.83. The zero-order chi connectivity index (χ0) is 31.3. The third kappa shape index (κ3) is 8.72. The molecule has 0 unspecified atom stereocenters. The number of aromatic nitrogens is 1. The Balaban J connectivity index is 1.68. The maximum atomic E-state index is 14.2. The molecule has 44 heavy (non-hydrogen) atoms. The molecule has 2 aromatic carbocycles. The van der Waals surface area contributed by atoms with E-state index < -0.39 is 6.04 Å². The average molecular weight is 603 g/mol. The van der Waals surface area contributed by atoms with Crippen LogP contribution in [0.4, 0.5) is 11.5 Å². The van der Waals surface area contributed by atoms with E-state index in [1.165, 1.54) is 19.1 Å². The van der Waals surface area contributed by atoms with Crippen LogP contribution in [-0.4, -0.2) is 49.6 Å². The number of carbonyl (C=O) groups is 3. The first kappa shape index (κ1) is 32.3. The smallest absolute Gasteiger partial charge is 0.248 e. The number of methoxy groups -OCH3 is 2. The number of benzene rings is 2. The summed E-state index contributed by atoms with van der Waals surface area (Å²) in [5, 5.41) is 5.97. The fourth-order valence-corrected chi connectivity index (χ4v) is 5.42. The summed E-state index contributed by atoms with van der Waals surface area (Å²) in [5.41, 5.74) is 1.01. The van der Waals surface area contributed by atoms with Gasteiger partial charge in [-0.25, -0.2) is 4.98 Å². The van der Waals surface area contributed by atoms with Gasteiger partial charge in [0, 0.05) is 31.1 Å². The largest absolute Gasteiger partial charge is 0.497 e. The molecule has 0 saturated heterocycles. The monoisotopic (exact) mass is 602 g/mol. The number of amides is 3. The second-order valence-electron chi connectivity index (χ2n) is 10.7. The molecule has 234 valence electrons. The molecule has 0 aliphatic heterocycles. The molecule has 1 saturated carbocycles. The van der Waals surface area contributed by atoms with Crippen molar-refractivity contribution >= 4 is 29.2 Å². The lowest BCUT2D eigenvalue weighted by molar-refractivity contribution is -0.127. The molecular formula is C34H42N4O6. The topological polar surface area (TPSA) is 119 Å². The van der Waals surface area contributed by atoms with E-state index in [2.05, 4.69) is 15.6 Å². The number of nitrogens with zero attached hydrogens (tertiary/aromatic N) is 2. The van der Waals surface area contributed by atoms with Gasteiger partial charge in [-0.05, 0) is 68.1 Å². The number of nitrogens with one attached hydrogen (secondary N) is 2. The van der Waals surface area contributed by atoms with E-state index >= 15 is 0 Å². The fourth-order valence-electron chi connectivity index (χ4n) is 5.42. The lowest BCUT2D eigenvalue weighted by atomic mass is 9.94. The Labute approximate surface area is 259 Å². The average Bonchev–Trinajstić information content (AvgIpc) is 3.04. The van der Waals surface area contributed by atoms with Crippen molar-refractivity contribution in [3.8, 4) is 17.2 Å². The highest BCUT2D eigenvalue weighted by atomic mass is 16.5. The van der Waals surface area contributed by atoms with E-state index in [-0.39, 0.29) is 43.0 Å². The first-order valence-electron chi connectivity index (χ1n) is 15.2. The van der Waals surface area contributed by atoms with Gasteiger partial charge in [-0.3, -0.25) is 19.3 Å². The van der Waals surface area contributed by atoms with Crippen LogP contribution in [0.15, 0.2) is 66.9 Å². The van der Waals surface area contributed by atoms with E-state index in [4.69, 9.17) is 14.2 Å². The molecule has 2 N–H and O–H groups in total. The summed E-state index contributed by atoms with van der Waals surface area (Å²) >= 11 is 0. The maximum Gasteiger partial charge on any atom is 0.248 e. The minimum atomic E-state index is -1.01. The molecule has 1 heterocycles. The molecule has 10 heteroatoms. The number of anilines is 2. The summed E-state index contributed by atoms with van der Waals surface area (Å²) < 4.78 is 16.8. The minimum Gasteiger partial charge on any atom is -0.497 e. The lowest BCUT2D eigenvalue weighted by Gasteiger charge is -2.34. The van der Waals surface area contributed by atoms with Gasteiger partial charge >= 0.3 is 0 Å². The van der Waals surface area contributed by atoms with E-state index in [9.17, 15) is 14.4 Å². The van der Waals surface area contributed by atoms with Gasteiger partial charge in [0.25, 0.3) is 0 Å². The SMILES string of the molecule is CCOc1ccc([C@H](C(=O)NC2CCCCC2)N(C(=O)CCCC(=O)Nc2ccccn2)c2cc(OC)ccc2OC)cc1. The summed E-state index contributed by atoms with van der Waals surface area (Å²) in [5.74, 6) is 1.16. The maximum absolute atomic E-state index is 14.2. The van der Waals surface area contributed by atoms with Crippen molar-refractivity contribution in [3.63, 3.8) is 0 Å². The summed E-state index contributed by atoms with van der Waals surface area (Å²) in [7, 11) is 3.06. The van der Waals surface area contributed by atoms with Gasteiger partial charge in [0.15, 0.2) is 0 Å². The van der Waals surface area contributed by atoms with E-state index in [0.717, 1.165) is 32.1 Å². The third-order valence-electron chi connectivity index (χ3n) is 7.61. The Morgan fingerprint density at radius 1 is 0.932 bits per heavy atom. The zero-order valence-corrected chi connectivity index (χ0v) is 25.7. The van der Waals surface area contributed by atoms with Crippen LogP contribution in [0.5, 0.6) is 17.2 Å². The molecule has 3 amide bonds. The molecule has 1 aliphatic rings. The molecule has 3 aromatic rings. The van der Waals surface area contributed by atoms with Crippen molar-refractivity contribution in [1.82, 2.24) is 10.3 Å². The number of hydrogen-bond donors (Lipinski definition) is 2. The predicted molar refractivity (Wildman–Crippen MR) is 169 cm³/mol. The van der Waals surface area contributed by atoms with Crippen molar-refractivity contribution < 1.29 is 28.6 Å². The fraction of sp³-hybridized carbons (Fsp3) is 0.412. The molecule has 0 radical (unpaired) electrons. The molecular weight excluding hydrogens is 560 g/mol. The Bertz CT molecular complexity index is 1380. The van der Waals surface area contributed by atoms with Crippen LogP contribution in [0.1, 0.15) is 69.9 Å². The van der Waals surface area contributed by atoms with Gasteiger partial charge in [0.05, 0.1) is 26.5 Å². The van der Waals surface area contributed by atoms with Gasteiger partial charge in [-0.15, -0.1) is 0 Å². The molecule has 10 nitrogen and oxygen atoms in total. The van der Waals surface area contributed by atoms with E-state index in [1.807, 2.05) is 19.1 Å². The highest BCUT2D eigenvalue weighted by Crippen LogP contribution is 2.39. The lowest BCUT2D eigenvalue weighted by Crippen LogP contribution is -2.47. The highest BCUT2D eigenvalue weighted by molar-refractivity contribution is 6.03. The van der Waals surface area contributed by atoms with Gasteiger partial charge in [0.1, 0.15) is 29.1 Å². The van der Waals surface area contributed by atoms with Crippen LogP contribution >= 0.6 is 0 Å². The molecule has 1 aliphatic carbocycles. The second kappa shape index (κ2) is 16.3. The zero-order valence-electron chi connectivity index (χ0n) is 25.7. The molecule has 1 fully saturated rings. The van der Waals surface area contributed by atoms with Gasteiger partial charge in [-0.1, -0.05) is 37.5 Å². The Kier molecular flexibility index (Phi) is 12.0. The van der Waals surface area contributed by atoms with Crippen LogP contribution in [0.3, 0.4) is 0 Å². The summed E-state index contributed by atoms with van der Waals surface area (Å²) in [6.45, 7) is 2.41. The van der Waals surface area contributed by atoms with Crippen LogP contribution < -0.4 is 29.7 Å². The number of pyridine rings is 1. The molecule has 1 atom stereocenters. The van der Waals surface area contributed by atoms with Crippen LogP contribution in [0.2, 0.25) is 0 Å². The Morgan fingerprint density at radius 3 is 2.34 bits per heavy atom. The minimum absolute atomic E-state index is 0.0141. The standard InChI is InChI=1S/C34H42N4O6/c1-4-44-26-18-16-24(17-19-26)33(34(41)36-25-11-6-5-7-12-25)38(28-23-27(42-2)20-21-29(28)43-3)32(40)15-10-14-31(39)37-30-13-8-9-22-35-30/h8-9,13,16-23,25,33H,4-7,10-12,14-15H2,1-3H3,(H,36,41)(H,35,37,39)/t33-/m1/s1. The Hall–Kier alpha value is -4.60. The number of carbonyl (C=O) groups excluding carboxylic acids is 3. The summed E-state index contributed by atoms with van der Waals surface area (Å²) in [6.07, 6.45) is 7.00. The number of hydrogen-bond acceptors (Lipinski definition) is 7. The van der Waals surface area contributed by atoms with Crippen molar-refractivity contribution in [1.29, 1.82) is 0 Å². The quantitative estimate of drug-likeness (QED) is 0.238. The normalized spacial score (nSPS) is 13.8. The second-order valence-corrected chi connectivity index (χ2v) is 10.7. The Morgan fingerprint density at radius 2 is 1.68 bits per heavy atom. The highest BCUT2D eigenvalue weighted by Gasteiger charge is 2.35. The summed E-state index contributed by atoms with van der Waals surface area (Å²) in [4.78, 5) is 46.6. The molecule has 0 bridgehead atoms. The van der Waals surface area contributed by atoms with Gasteiger partial charge < -0.3 is 24.8 Å². The summed E-state index contributed by atoms with van der Waals surface area (Å²) in [6, 6.07) is 16.6. The number of rotatable bonds is 14. The van der Waals surface area contributed by atoms with E-state index in [1.54, 1.807) is 54.7 Å². The van der Waals surface area contributed by atoms with Crippen LogP contribution in [-0.2, 0) is 14.4 Å². The van der Waals surface area contributed by atoms with Gasteiger partial charge in [-0.2, -0.15) is 0 Å². The van der Waals surface area contributed by atoms with E-state index in [0.29, 0.717) is 40.9 Å². The molecule has 0 spiro atoms. The third-order valence-corrected chi connectivity index (χ3v) is 7.61. The van der Waals surface area contributed by atoms with Crippen molar-refractivity contribution in [2.24, 2.45) is 0 Å².